The van der Waals surface area contributed by atoms with E-state index in [9.17, 15) is 9.59 Å². The number of aryl methyl sites for hydroxylation is 2. The minimum Gasteiger partial charge on any atom is -0.354 e. The van der Waals surface area contributed by atoms with Gasteiger partial charge in [-0.25, -0.2) is 0 Å². The first-order valence-electron chi connectivity index (χ1n) is 7.12. The fraction of sp³-hybridized carbons (Fsp3) is 0.500. The van der Waals surface area contributed by atoms with Gasteiger partial charge in [-0.05, 0) is 43.9 Å². The van der Waals surface area contributed by atoms with Gasteiger partial charge in [-0.3, -0.25) is 9.59 Å². The lowest BCUT2D eigenvalue weighted by Crippen LogP contribution is -2.38. The van der Waals surface area contributed by atoms with E-state index in [4.69, 9.17) is 0 Å². The Bertz CT molecular complexity index is 521. The van der Waals surface area contributed by atoms with Crippen LogP contribution in [0, 0.1) is 19.8 Å². The Balaban J connectivity index is 2.00. The monoisotopic (exact) mass is 274 g/mol. The van der Waals surface area contributed by atoms with Gasteiger partial charge in [-0.15, -0.1) is 0 Å². The second kappa shape index (κ2) is 6.07. The van der Waals surface area contributed by atoms with Crippen molar-refractivity contribution in [3.05, 3.63) is 29.3 Å². The van der Waals surface area contributed by atoms with E-state index in [1.165, 1.54) is 0 Å². The number of benzene rings is 1. The van der Waals surface area contributed by atoms with Crippen LogP contribution < -0.4 is 10.2 Å². The maximum Gasteiger partial charge on any atom is 0.223 e. The first kappa shape index (κ1) is 14.6. The molecule has 0 saturated heterocycles. The molecule has 1 aliphatic carbocycles. The Kier molecular flexibility index (Phi) is 4.42. The Morgan fingerprint density at radius 1 is 1.30 bits per heavy atom. The zero-order valence-corrected chi connectivity index (χ0v) is 12.4. The molecule has 1 aliphatic rings. The average Bonchev–Trinajstić information content (AvgIpc) is 3.21. The van der Waals surface area contributed by atoms with Gasteiger partial charge in [0.1, 0.15) is 0 Å². The highest BCUT2D eigenvalue weighted by Gasteiger charge is 2.29. The molecule has 108 valence electrons. The normalized spacial score (nSPS) is 13.9. The summed E-state index contributed by atoms with van der Waals surface area (Å²) in [6, 6.07) is 6.06. The first-order chi connectivity index (χ1) is 9.49. The van der Waals surface area contributed by atoms with Gasteiger partial charge in [-0.2, -0.15) is 0 Å². The van der Waals surface area contributed by atoms with E-state index in [0.29, 0.717) is 13.1 Å². The number of carbonyl (C=O) groups is 2. The minimum atomic E-state index is -0.000582. The summed E-state index contributed by atoms with van der Waals surface area (Å²) in [6.45, 7) is 6.58. The van der Waals surface area contributed by atoms with Crippen LogP contribution in [0.25, 0.3) is 0 Å². The van der Waals surface area contributed by atoms with E-state index in [2.05, 4.69) is 5.32 Å². The van der Waals surface area contributed by atoms with Crippen LogP contribution in [-0.4, -0.2) is 24.9 Å². The number of nitrogens with one attached hydrogen (secondary N) is 1. The number of anilines is 1. The van der Waals surface area contributed by atoms with Crippen LogP contribution in [-0.2, 0) is 9.59 Å². The minimum absolute atomic E-state index is 0.000582. The van der Waals surface area contributed by atoms with Crippen LogP contribution in [0.4, 0.5) is 5.69 Å². The third-order valence-corrected chi connectivity index (χ3v) is 3.62. The number of carbonyl (C=O) groups excluding carboxylic acids is 2. The second-order valence-electron chi connectivity index (χ2n) is 5.53. The van der Waals surface area contributed by atoms with Crippen molar-refractivity contribution in [1.29, 1.82) is 0 Å². The first-order valence-corrected chi connectivity index (χ1v) is 7.12. The zero-order valence-electron chi connectivity index (χ0n) is 12.4. The van der Waals surface area contributed by atoms with Gasteiger partial charge < -0.3 is 10.2 Å². The van der Waals surface area contributed by atoms with Crippen molar-refractivity contribution < 1.29 is 9.59 Å². The molecule has 1 aromatic carbocycles. The summed E-state index contributed by atoms with van der Waals surface area (Å²) < 4.78 is 0. The van der Waals surface area contributed by atoms with E-state index < -0.39 is 0 Å². The van der Waals surface area contributed by atoms with Crippen LogP contribution in [0.3, 0.4) is 0 Å². The molecule has 0 heterocycles. The summed E-state index contributed by atoms with van der Waals surface area (Å²) in [4.78, 5) is 25.2. The quantitative estimate of drug-likeness (QED) is 0.894. The van der Waals surface area contributed by atoms with Crippen LogP contribution in [0.1, 0.15) is 30.9 Å². The molecule has 1 fully saturated rings. The fourth-order valence-corrected chi connectivity index (χ4v) is 2.24. The smallest absolute Gasteiger partial charge is 0.223 e. The van der Waals surface area contributed by atoms with Crippen molar-refractivity contribution in [2.45, 2.75) is 33.6 Å². The predicted octanol–water partition coefficient (Wildman–Crippen LogP) is 2.18. The lowest BCUT2D eigenvalue weighted by Gasteiger charge is -2.23. The third-order valence-electron chi connectivity index (χ3n) is 3.62. The lowest BCUT2D eigenvalue weighted by molar-refractivity contribution is -0.122. The van der Waals surface area contributed by atoms with Gasteiger partial charge in [0.05, 0.1) is 0 Å². The van der Waals surface area contributed by atoms with Crippen LogP contribution in [0.15, 0.2) is 18.2 Å². The molecule has 1 aromatic rings. The highest BCUT2D eigenvalue weighted by Crippen LogP contribution is 2.28. The van der Waals surface area contributed by atoms with Crippen molar-refractivity contribution >= 4 is 17.5 Å². The molecule has 2 rings (SSSR count). The summed E-state index contributed by atoms with van der Waals surface area (Å²) in [5.41, 5.74) is 3.12. The molecule has 0 aliphatic heterocycles. The van der Waals surface area contributed by atoms with Gasteiger partial charge in [0.25, 0.3) is 0 Å². The summed E-state index contributed by atoms with van der Waals surface area (Å²) in [5, 5.41) is 2.90. The Morgan fingerprint density at radius 2 is 2.00 bits per heavy atom. The number of nitrogens with zero attached hydrogens (tertiary/aromatic N) is 1. The highest BCUT2D eigenvalue weighted by molar-refractivity contribution is 5.92. The summed E-state index contributed by atoms with van der Waals surface area (Å²) >= 11 is 0. The molecular weight excluding hydrogens is 252 g/mol. The van der Waals surface area contributed by atoms with E-state index in [0.717, 1.165) is 29.7 Å². The maximum absolute atomic E-state index is 11.8. The summed E-state index contributed by atoms with van der Waals surface area (Å²) in [7, 11) is 0. The van der Waals surface area contributed by atoms with Gasteiger partial charge in [0.2, 0.25) is 11.8 Å². The molecule has 4 heteroatoms. The van der Waals surface area contributed by atoms with Gasteiger partial charge in [-0.1, -0.05) is 12.1 Å². The molecule has 20 heavy (non-hydrogen) atoms. The number of hydrogen-bond acceptors (Lipinski definition) is 2. The topological polar surface area (TPSA) is 49.4 Å². The standard InChI is InChI=1S/C16H22N2O2/c1-11-4-5-12(2)15(10-11)18(13(3)19)9-8-17-16(20)14-6-7-14/h4-5,10,14H,6-9H2,1-3H3,(H,17,20). The molecule has 0 aromatic heterocycles. The van der Waals surface area contributed by atoms with E-state index >= 15 is 0 Å². The van der Waals surface area contributed by atoms with Crippen molar-refractivity contribution in [2.24, 2.45) is 5.92 Å². The average molecular weight is 274 g/mol. The molecule has 2 amide bonds. The van der Waals surface area contributed by atoms with Crippen LogP contribution in [0.2, 0.25) is 0 Å². The number of amides is 2. The molecule has 0 spiro atoms. The lowest BCUT2D eigenvalue weighted by atomic mass is 10.1. The SMILES string of the molecule is CC(=O)N(CCNC(=O)C1CC1)c1cc(C)ccc1C. The summed E-state index contributed by atoms with van der Waals surface area (Å²) in [5.74, 6) is 0.329. The van der Waals surface area contributed by atoms with Crippen molar-refractivity contribution in [3.63, 3.8) is 0 Å². The van der Waals surface area contributed by atoms with Crippen molar-refractivity contribution in [3.8, 4) is 0 Å². The third kappa shape index (κ3) is 3.59. The molecular formula is C16H22N2O2. The largest absolute Gasteiger partial charge is 0.354 e. The maximum atomic E-state index is 11.8. The molecule has 1 N–H and O–H groups in total. The molecule has 1 saturated carbocycles. The molecule has 0 radical (unpaired) electrons. The predicted molar refractivity (Wildman–Crippen MR) is 79.7 cm³/mol. The number of rotatable bonds is 5. The van der Waals surface area contributed by atoms with E-state index in [1.807, 2.05) is 32.0 Å². The van der Waals surface area contributed by atoms with E-state index in [-0.39, 0.29) is 17.7 Å². The van der Waals surface area contributed by atoms with Gasteiger partial charge in [0.15, 0.2) is 0 Å². The van der Waals surface area contributed by atoms with E-state index in [1.54, 1.807) is 11.8 Å². The Hall–Kier alpha value is -1.84. The molecule has 0 atom stereocenters. The Labute approximate surface area is 120 Å². The van der Waals surface area contributed by atoms with Crippen molar-refractivity contribution in [2.75, 3.05) is 18.0 Å². The molecule has 0 bridgehead atoms. The van der Waals surface area contributed by atoms with Crippen LogP contribution >= 0.6 is 0 Å². The molecule has 4 nitrogen and oxygen atoms in total. The number of hydrogen-bond donors (Lipinski definition) is 1. The van der Waals surface area contributed by atoms with Crippen molar-refractivity contribution in [1.82, 2.24) is 5.32 Å². The molecule has 0 unspecified atom stereocenters. The van der Waals surface area contributed by atoms with Gasteiger partial charge >= 0.3 is 0 Å². The van der Waals surface area contributed by atoms with Gasteiger partial charge in [0, 0.05) is 31.6 Å². The zero-order chi connectivity index (χ0) is 14.7. The van der Waals surface area contributed by atoms with Crippen LogP contribution in [0.5, 0.6) is 0 Å². The second-order valence-corrected chi connectivity index (χ2v) is 5.53. The summed E-state index contributed by atoms with van der Waals surface area (Å²) in [6.07, 6.45) is 2.00. The Morgan fingerprint density at radius 3 is 2.60 bits per heavy atom. The fourth-order valence-electron chi connectivity index (χ4n) is 2.24. The highest BCUT2D eigenvalue weighted by atomic mass is 16.2.